The highest BCUT2D eigenvalue weighted by Crippen LogP contribution is 2.14. The van der Waals surface area contributed by atoms with Gasteiger partial charge in [-0.1, -0.05) is 12.1 Å². The molecule has 132 valence electrons. The van der Waals surface area contributed by atoms with E-state index in [1.54, 1.807) is 24.8 Å². The molecule has 0 aliphatic carbocycles. The predicted molar refractivity (Wildman–Crippen MR) is 97.9 cm³/mol. The number of anilines is 1. The van der Waals surface area contributed by atoms with Crippen LogP contribution in [0.1, 0.15) is 15.9 Å². The van der Waals surface area contributed by atoms with Crippen LogP contribution in [-0.2, 0) is 6.54 Å². The molecular weight excluding hydrogens is 328 g/mol. The van der Waals surface area contributed by atoms with E-state index < -0.39 is 0 Å². The molecule has 1 aliphatic heterocycles. The maximum absolute atomic E-state index is 12.7. The van der Waals surface area contributed by atoms with Crippen LogP contribution >= 0.6 is 0 Å². The van der Waals surface area contributed by atoms with Crippen LogP contribution in [0, 0.1) is 0 Å². The quantitative estimate of drug-likeness (QED) is 0.718. The highest BCUT2D eigenvalue weighted by Gasteiger charge is 2.22. The molecule has 2 aromatic heterocycles. The molecule has 0 saturated carbocycles. The summed E-state index contributed by atoms with van der Waals surface area (Å²) in [6, 6.07) is 9.68. The first-order valence-electron chi connectivity index (χ1n) is 8.66. The van der Waals surface area contributed by atoms with Gasteiger partial charge in [-0.25, -0.2) is 4.98 Å². The largest absolute Gasteiger partial charge is 0.352 e. The standard InChI is InChI=1S/C19H20N6O/c26-19(17-4-2-16(3-5-17)15-25-9-1-6-22-25)24-12-10-23(11-13-24)18-14-20-7-8-21-18/h1-9,14H,10-13,15H2. The third kappa shape index (κ3) is 3.56. The second-order valence-corrected chi connectivity index (χ2v) is 6.24. The number of benzene rings is 1. The first kappa shape index (κ1) is 16.3. The van der Waals surface area contributed by atoms with Crippen LogP contribution in [0.25, 0.3) is 0 Å². The molecule has 0 N–H and O–H groups in total. The van der Waals surface area contributed by atoms with Crippen LogP contribution in [0.2, 0.25) is 0 Å². The Bertz CT molecular complexity index is 840. The van der Waals surface area contributed by atoms with Crippen molar-refractivity contribution in [3.8, 4) is 0 Å². The van der Waals surface area contributed by atoms with Crippen LogP contribution < -0.4 is 4.90 Å². The van der Waals surface area contributed by atoms with Crippen molar-refractivity contribution in [1.29, 1.82) is 0 Å². The molecule has 1 saturated heterocycles. The van der Waals surface area contributed by atoms with Crippen LogP contribution in [-0.4, -0.2) is 56.7 Å². The van der Waals surface area contributed by atoms with E-state index in [9.17, 15) is 4.79 Å². The lowest BCUT2D eigenvalue weighted by atomic mass is 10.1. The molecule has 7 nitrogen and oxygen atoms in total. The lowest BCUT2D eigenvalue weighted by molar-refractivity contribution is 0.0746. The van der Waals surface area contributed by atoms with Crippen molar-refractivity contribution in [2.75, 3.05) is 31.1 Å². The molecule has 1 amide bonds. The average Bonchev–Trinajstić information content (AvgIpc) is 3.22. The number of rotatable bonds is 4. The Balaban J connectivity index is 1.36. The lowest BCUT2D eigenvalue weighted by Crippen LogP contribution is -2.49. The minimum atomic E-state index is 0.0782. The summed E-state index contributed by atoms with van der Waals surface area (Å²) >= 11 is 0. The lowest BCUT2D eigenvalue weighted by Gasteiger charge is -2.35. The second-order valence-electron chi connectivity index (χ2n) is 6.24. The van der Waals surface area contributed by atoms with Gasteiger partial charge in [0.2, 0.25) is 0 Å². The van der Waals surface area contributed by atoms with E-state index in [-0.39, 0.29) is 5.91 Å². The number of nitrogens with zero attached hydrogens (tertiary/aromatic N) is 6. The third-order valence-electron chi connectivity index (χ3n) is 4.55. The average molecular weight is 348 g/mol. The zero-order valence-electron chi connectivity index (χ0n) is 14.4. The Morgan fingerprint density at radius 2 is 1.81 bits per heavy atom. The molecule has 1 fully saturated rings. The van der Waals surface area contributed by atoms with Gasteiger partial charge >= 0.3 is 0 Å². The van der Waals surface area contributed by atoms with Crippen molar-refractivity contribution >= 4 is 11.7 Å². The van der Waals surface area contributed by atoms with E-state index in [1.807, 2.05) is 46.1 Å². The third-order valence-corrected chi connectivity index (χ3v) is 4.55. The van der Waals surface area contributed by atoms with Crippen LogP contribution in [0.5, 0.6) is 0 Å². The Labute approximate surface area is 151 Å². The molecule has 4 rings (SSSR count). The number of hydrogen-bond donors (Lipinski definition) is 0. The summed E-state index contributed by atoms with van der Waals surface area (Å²) in [4.78, 5) is 25.2. The van der Waals surface area contributed by atoms with Gasteiger partial charge in [-0.15, -0.1) is 0 Å². The molecule has 0 atom stereocenters. The van der Waals surface area contributed by atoms with E-state index in [0.717, 1.165) is 30.0 Å². The normalized spacial score (nSPS) is 14.5. The first-order chi connectivity index (χ1) is 12.8. The summed E-state index contributed by atoms with van der Waals surface area (Å²) in [5, 5.41) is 4.20. The van der Waals surface area contributed by atoms with Crippen LogP contribution in [0.15, 0.2) is 61.3 Å². The summed E-state index contributed by atoms with van der Waals surface area (Å²) in [5.74, 6) is 0.942. The van der Waals surface area contributed by atoms with Gasteiger partial charge in [0, 0.05) is 56.5 Å². The highest BCUT2D eigenvalue weighted by atomic mass is 16.2. The number of amides is 1. The van der Waals surface area contributed by atoms with Crippen molar-refractivity contribution in [2.24, 2.45) is 0 Å². The van der Waals surface area contributed by atoms with Crippen LogP contribution in [0.3, 0.4) is 0 Å². The summed E-state index contributed by atoms with van der Waals surface area (Å²) in [5.41, 5.74) is 1.85. The Morgan fingerprint density at radius 3 is 2.46 bits per heavy atom. The smallest absolute Gasteiger partial charge is 0.253 e. The monoisotopic (exact) mass is 348 g/mol. The van der Waals surface area contributed by atoms with Gasteiger partial charge in [-0.05, 0) is 23.8 Å². The molecule has 3 heterocycles. The molecule has 0 bridgehead atoms. The topological polar surface area (TPSA) is 67.2 Å². The summed E-state index contributed by atoms with van der Waals surface area (Å²) in [6.45, 7) is 3.61. The second kappa shape index (κ2) is 7.35. The van der Waals surface area contributed by atoms with Crippen molar-refractivity contribution < 1.29 is 4.79 Å². The van der Waals surface area contributed by atoms with Crippen molar-refractivity contribution in [2.45, 2.75) is 6.54 Å². The van der Waals surface area contributed by atoms with E-state index in [4.69, 9.17) is 0 Å². The number of hydrogen-bond acceptors (Lipinski definition) is 5. The zero-order chi connectivity index (χ0) is 17.8. The van der Waals surface area contributed by atoms with Gasteiger partial charge in [0.1, 0.15) is 5.82 Å². The zero-order valence-corrected chi connectivity index (χ0v) is 14.4. The Kier molecular flexibility index (Phi) is 4.59. The molecule has 0 spiro atoms. The summed E-state index contributed by atoms with van der Waals surface area (Å²) in [7, 11) is 0. The van der Waals surface area contributed by atoms with Gasteiger partial charge in [0.05, 0.1) is 12.7 Å². The molecule has 7 heteroatoms. The predicted octanol–water partition coefficient (Wildman–Crippen LogP) is 1.68. The van der Waals surface area contributed by atoms with Crippen molar-refractivity contribution in [3.05, 3.63) is 72.4 Å². The number of carbonyl (C=O) groups is 1. The molecular formula is C19H20N6O. The maximum Gasteiger partial charge on any atom is 0.253 e. The van der Waals surface area contributed by atoms with Gasteiger partial charge in [0.25, 0.3) is 5.91 Å². The Morgan fingerprint density at radius 1 is 1.00 bits per heavy atom. The molecule has 1 aliphatic rings. The summed E-state index contributed by atoms with van der Waals surface area (Å²) < 4.78 is 1.86. The molecule has 26 heavy (non-hydrogen) atoms. The minimum absolute atomic E-state index is 0.0782. The fourth-order valence-corrected chi connectivity index (χ4v) is 3.11. The van der Waals surface area contributed by atoms with E-state index in [0.29, 0.717) is 19.6 Å². The van der Waals surface area contributed by atoms with E-state index in [1.165, 1.54) is 0 Å². The van der Waals surface area contributed by atoms with Crippen molar-refractivity contribution in [1.82, 2.24) is 24.6 Å². The maximum atomic E-state index is 12.7. The number of aromatic nitrogens is 4. The van der Waals surface area contributed by atoms with E-state index in [2.05, 4.69) is 20.0 Å². The Hall–Kier alpha value is -3.22. The van der Waals surface area contributed by atoms with E-state index >= 15 is 0 Å². The van der Waals surface area contributed by atoms with Crippen LogP contribution in [0.4, 0.5) is 5.82 Å². The van der Waals surface area contributed by atoms with Crippen molar-refractivity contribution in [3.63, 3.8) is 0 Å². The number of carbonyl (C=O) groups excluding carboxylic acids is 1. The molecule has 0 radical (unpaired) electrons. The van der Waals surface area contributed by atoms with Gasteiger partial charge in [0.15, 0.2) is 0 Å². The SMILES string of the molecule is O=C(c1ccc(Cn2cccn2)cc1)N1CCN(c2cnccn2)CC1. The summed E-state index contributed by atoms with van der Waals surface area (Å²) in [6.07, 6.45) is 8.81. The molecule has 3 aromatic rings. The van der Waals surface area contributed by atoms with Gasteiger partial charge in [-0.3, -0.25) is 14.5 Å². The molecule has 1 aromatic carbocycles. The minimum Gasteiger partial charge on any atom is -0.352 e. The fraction of sp³-hybridized carbons (Fsp3) is 0.263. The van der Waals surface area contributed by atoms with Gasteiger partial charge < -0.3 is 9.80 Å². The first-order valence-corrected chi connectivity index (χ1v) is 8.66. The molecule has 0 unspecified atom stereocenters. The highest BCUT2D eigenvalue weighted by molar-refractivity contribution is 5.94. The number of piperazine rings is 1. The van der Waals surface area contributed by atoms with Gasteiger partial charge in [-0.2, -0.15) is 5.10 Å². The fourth-order valence-electron chi connectivity index (χ4n) is 3.11.